The number of rotatable bonds is 5. The van der Waals surface area contributed by atoms with Crippen molar-refractivity contribution in [1.82, 2.24) is 0 Å². The van der Waals surface area contributed by atoms with Gasteiger partial charge in [0.1, 0.15) is 58.7 Å². The Morgan fingerprint density at radius 3 is 2.14 bits per heavy atom. The molecule has 1 fully saturated rings. The van der Waals surface area contributed by atoms with Gasteiger partial charge in [0.25, 0.3) is 0 Å². The Kier molecular flexibility index (Phi) is 7.17. The van der Waals surface area contributed by atoms with Crippen molar-refractivity contribution in [2.75, 3.05) is 6.61 Å². The van der Waals surface area contributed by atoms with Crippen LogP contribution in [0.5, 0.6) is 28.7 Å². The predicted molar refractivity (Wildman–Crippen MR) is 141 cm³/mol. The van der Waals surface area contributed by atoms with Crippen molar-refractivity contribution in [2.45, 2.75) is 44.6 Å². The summed E-state index contributed by atoms with van der Waals surface area (Å²) in [5.41, 5.74) is -2.47. The summed E-state index contributed by atoms with van der Waals surface area (Å²) in [6.07, 6.45) is -8.52. The van der Waals surface area contributed by atoms with Crippen LogP contribution in [-0.2, 0) is 4.74 Å². The van der Waals surface area contributed by atoms with Crippen molar-refractivity contribution < 1.29 is 64.7 Å². The minimum atomic E-state index is -1.88. The highest BCUT2D eigenvalue weighted by atomic mass is 16.7. The van der Waals surface area contributed by atoms with Crippen LogP contribution in [-0.4, -0.2) is 95.5 Å². The number of phenolic OH excluding ortho intramolecular Hbond substituents is 4. The summed E-state index contributed by atoms with van der Waals surface area (Å²) in [5, 5.41) is 83.4. The van der Waals surface area contributed by atoms with Gasteiger partial charge in [0.15, 0.2) is 11.6 Å². The van der Waals surface area contributed by atoms with E-state index in [0.717, 1.165) is 19.1 Å². The molecule has 0 saturated carbocycles. The summed E-state index contributed by atoms with van der Waals surface area (Å²) in [6.45, 7) is 1.71. The number of aromatic hydroxyl groups is 4. The van der Waals surface area contributed by atoms with Gasteiger partial charge >= 0.3 is 0 Å². The van der Waals surface area contributed by atoms with Gasteiger partial charge in [0.05, 0.1) is 23.3 Å². The maximum Gasteiger partial charge on any atom is 0.229 e. The van der Waals surface area contributed by atoms with Gasteiger partial charge in [-0.2, -0.15) is 0 Å². The second kappa shape index (κ2) is 10.4. The average Bonchev–Trinajstić information content (AvgIpc) is 2.92. The smallest absolute Gasteiger partial charge is 0.229 e. The first kappa shape index (κ1) is 29.0. The van der Waals surface area contributed by atoms with E-state index in [1.807, 2.05) is 0 Å². The molecule has 1 saturated heterocycles. The van der Waals surface area contributed by atoms with E-state index in [9.17, 15) is 55.2 Å². The molecule has 42 heavy (non-hydrogen) atoms. The minimum Gasteiger partial charge on any atom is -0.507 e. The van der Waals surface area contributed by atoms with E-state index in [1.54, 1.807) is 0 Å². The number of aliphatic hydroxyl groups is 4. The summed E-state index contributed by atoms with van der Waals surface area (Å²) in [6, 6.07) is 5.83. The number of aliphatic hydroxyl groups excluding tert-OH is 4. The van der Waals surface area contributed by atoms with Crippen molar-refractivity contribution in [2.24, 2.45) is 0 Å². The molecule has 5 atom stereocenters. The van der Waals surface area contributed by atoms with Gasteiger partial charge in [0.2, 0.25) is 12.1 Å². The van der Waals surface area contributed by atoms with E-state index >= 15 is 0 Å². The molecule has 0 amide bonds. The Morgan fingerprint density at radius 2 is 1.50 bits per heavy atom. The SMILES string of the molecule is CC(=O)c1c(O[C@@H]2O[C@H](CO)[C@@H](O)[C@H](O)[C@H]2O)cc(O)c(-c2c(C)cc(O)c3c2C(=O)c2cccc(O)c2C3=O)c1O. The Labute approximate surface area is 237 Å². The largest absolute Gasteiger partial charge is 0.507 e. The fourth-order valence-electron chi connectivity index (χ4n) is 5.41. The van der Waals surface area contributed by atoms with E-state index in [1.165, 1.54) is 25.1 Å². The third kappa shape index (κ3) is 4.26. The lowest BCUT2D eigenvalue weighted by atomic mass is 9.77. The molecule has 5 rings (SSSR count). The number of Topliss-reactive ketones (excluding diaryl/α,β-unsaturated/α-hetero) is 1. The van der Waals surface area contributed by atoms with E-state index in [2.05, 4.69) is 0 Å². The topological polar surface area (TPSA) is 232 Å². The number of ketones is 3. The number of carbonyl (C=O) groups is 3. The highest BCUT2D eigenvalue weighted by Crippen LogP contribution is 2.50. The molecule has 13 heteroatoms. The minimum absolute atomic E-state index is 0.124. The Hall–Kier alpha value is -4.53. The van der Waals surface area contributed by atoms with Gasteiger partial charge in [-0.25, -0.2) is 0 Å². The van der Waals surface area contributed by atoms with Crippen LogP contribution in [0, 0.1) is 6.92 Å². The molecule has 0 aromatic heterocycles. The normalized spacial score (nSPS) is 23.3. The lowest BCUT2D eigenvalue weighted by Crippen LogP contribution is -2.60. The van der Waals surface area contributed by atoms with Crippen molar-refractivity contribution in [3.05, 3.63) is 63.7 Å². The van der Waals surface area contributed by atoms with E-state index in [-0.39, 0.29) is 22.3 Å². The second-order valence-corrected chi connectivity index (χ2v) is 10.1. The van der Waals surface area contributed by atoms with Crippen molar-refractivity contribution in [3.8, 4) is 39.9 Å². The number of aryl methyl sites for hydroxylation is 1. The Morgan fingerprint density at radius 1 is 0.833 bits per heavy atom. The molecular formula is C29H26O13. The number of phenols is 4. The lowest BCUT2D eigenvalue weighted by Gasteiger charge is -2.39. The third-order valence-electron chi connectivity index (χ3n) is 7.41. The molecule has 3 aromatic rings. The molecule has 0 bridgehead atoms. The Balaban J connectivity index is 1.71. The van der Waals surface area contributed by atoms with Crippen LogP contribution in [0.15, 0.2) is 30.3 Å². The second-order valence-electron chi connectivity index (χ2n) is 10.1. The molecule has 1 heterocycles. The third-order valence-corrected chi connectivity index (χ3v) is 7.41. The average molecular weight is 583 g/mol. The highest BCUT2D eigenvalue weighted by molar-refractivity contribution is 6.32. The summed E-state index contributed by atoms with van der Waals surface area (Å²) >= 11 is 0. The van der Waals surface area contributed by atoms with Gasteiger partial charge in [-0.15, -0.1) is 0 Å². The van der Waals surface area contributed by atoms with E-state index in [0.29, 0.717) is 0 Å². The van der Waals surface area contributed by atoms with E-state index < -0.39 is 106 Å². The van der Waals surface area contributed by atoms with Crippen LogP contribution in [0.1, 0.15) is 54.7 Å². The number of hydrogen-bond acceptors (Lipinski definition) is 13. The van der Waals surface area contributed by atoms with Crippen LogP contribution in [0.4, 0.5) is 0 Å². The zero-order valence-corrected chi connectivity index (χ0v) is 22.1. The molecule has 0 spiro atoms. The summed E-state index contributed by atoms with van der Waals surface area (Å²) in [7, 11) is 0. The van der Waals surface area contributed by atoms with E-state index in [4.69, 9.17) is 9.47 Å². The number of benzene rings is 3. The zero-order chi connectivity index (χ0) is 30.8. The maximum atomic E-state index is 13.7. The molecule has 13 nitrogen and oxygen atoms in total. The van der Waals surface area contributed by atoms with Gasteiger partial charge in [-0.3, -0.25) is 14.4 Å². The molecule has 0 unspecified atom stereocenters. The first-order valence-corrected chi connectivity index (χ1v) is 12.6. The van der Waals surface area contributed by atoms with Crippen LogP contribution >= 0.6 is 0 Å². The fraction of sp³-hybridized carbons (Fsp3) is 0.276. The summed E-state index contributed by atoms with van der Waals surface area (Å²) in [4.78, 5) is 39.8. The first-order valence-electron chi connectivity index (χ1n) is 12.6. The molecule has 3 aromatic carbocycles. The standard InChI is InChI=1S/C29H26O13/c1-9-6-13(33)21-22(23(35)11-4-3-5-12(32)19(11)26(21)38)17(9)20-14(34)7-15(18(10(2)31)25(20)37)41-29-28(40)27(39)24(36)16(8-30)42-29/h3-7,16,24,27-30,32-34,36-37,39-40H,8H2,1-2H3/t16-,24-,27+,28-,29-/m1/s1. The zero-order valence-electron chi connectivity index (χ0n) is 22.1. The van der Waals surface area contributed by atoms with Crippen LogP contribution < -0.4 is 4.74 Å². The number of fused-ring (bicyclic) bond motifs is 2. The summed E-state index contributed by atoms with van der Waals surface area (Å²) in [5.74, 6) is -5.75. The maximum absolute atomic E-state index is 13.7. The molecule has 0 radical (unpaired) electrons. The number of ether oxygens (including phenoxy) is 2. The van der Waals surface area contributed by atoms with Crippen molar-refractivity contribution in [3.63, 3.8) is 0 Å². The Bertz CT molecular complexity index is 1660. The molecular weight excluding hydrogens is 556 g/mol. The lowest BCUT2D eigenvalue weighted by molar-refractivity contribution is -0.277. The van der Waals surface area contributed by atoms with Crippen LogP contribution in [0.25, 0.3) is 11.1 Å². The predicted octanol–water partition coefficient (Wildman–Crippen LogP) is 0.641. The molecule has 8 N–H and O–H groups in total. The summed E-state index contributed by atoms with van der Waals surface area (Å²) < 4.78 is 10.8. The van der Waals surface area contributed by atoms with Crippen LogP contribution in [0.3, 0.4) is 0 Å². The number of hydrogen-bond donors (Lipinski definition) is 8. The quantitative estimate of drug-likeness (QED) is 0.151. The molecule has 1 aliphatic carbocycles. The van der Waals surface area contributed by atoms with Crippen LogP contribution in [0.2, 0.25) is 0 Å². The van der Waals surface area contributed by atoms with Gasteiger partial charge in [0, 0.05) is 22.8 Å². The monoisotopic (exact) mass is 582 g/mol. The molecule has 1 aliphatic heterocycles. The van der Waals surface area contributed by atoms with Crippen molar-refractivity contribution >= 4 is 17.3 Å². The number of carbonyl (C=O) groups excluding carboxylic acids is 3. The first-order chi connectivity index (χ1) is 19.8. The van der Waals surface area contributed by atoms with Gasteiger partial charge < -0.3 is 50.3 Å². The highest BCUT2D eigenvalue weighted by Gasteiger charge is 2.45. The fourth-order valence-corrected chi connectivity index (χ4v) is 5.41. The van der Waals surface area contributed by atoms with Gasteiger partial charge in [-0.05, 0) is 31.5 Å². The van der Waals surface area contributed by atoms with Gasteiger partial charge in [-0.1, -0.05) is 12.1 Å². The molecule has 220 valence electrons. The van der Waals surface area contributed by atoms with Crippen molar-refractivity contribution in [1.29, 1.82) is 0 Å². The molecule has 2 aliphatic rings.